The van der Waals surface area contributed by atoms with E-state index in [0.717, 1.165) is 18.4 Å². The number of amides is 1. The van der Waals surface area contributed by atoms with Gasteiger partial charge in [-0.3, -0.25) is 9.79 Å². The van der Waals surface area contributed by atoms with Crippen molar-refractivity contribution in [2.75, 3.05) is 13.7 Å². The predicted octanol–water partition coefficient (Wildman–Crippen LogP) is 3.60. The van der Waals surface area contributed by atoms with Crippen molar-refractivity contribution in [2.24, 2.45) is 4.99 Å². The van der Waals surface area contributed by atoms with Gasteiger partial charge in [-0.15, -0.1) is 0 Å². The van der Waals surface area contributed by atoms with Crippen LogP contribution in [-0.4, -0.2) is 30.8 Å². The van der Waals surface area contributed by atoms with Gasteiger partial charge in [-0.05, 0) is 43.7 Å². The van der Waals surface area contributed by atoms with Crippen LogP contribution in [0.2, 0.25) is 0 Å². The van der Waals surface area contributed by atoms with Gasteiger partial charge in [-0.25, -0.2) is 0 Å². The van der Waals surface area contributed by atoms with Crippen LogP contribution in [0, 0.1) is 0 Å². The monoisotopic (exact) mass is 346 g/mol. The maximum absolute atomic E-state index is 12.2. The molecule has 0 aromatic heterocycles. The van der Waals surface area contributed by atoms with E-state index in [1.54, 1.807) is 7.11 Å². The zero-order valence-corrected chi connectivity index (χ0v) is 14.8. The number of hydrogen-bond donors (Lipinski definition) is 1. The van der Waals surface area contributed by atoms with Crippen LogP contribution in [0.15, 0.2) is 28.1 Å². The number of para-hydroxylation sites is 1. The van der Waals surface area contributed by atoms with E-state index in [9.17, 15) is 4.79 Å². The number of aliphatic imine (C=N–C) groups is 1. The SMILES string of the molecule is CCOc1cccc(/C=C2\SC(=NC3CCCC3)NC2=O)c1OC. The van der Waals surface area contributed by atoms with Crippen molar-refractivity contribution < 1.29 is 14.3 Å². The Morgan fingerprint density at radius 1 is 1.38 bits per heavy atom. The minimum Gasteiger partial charge on any atom is -0.492 e. The highest BCUT2D eigenvalue weighted by molar-refractivity contribution is 8.18. The smallest absolute Gasteiger partial charge is 0.264 e. The minimum atomic E-state index is -0.111. The van der Waals surface area contributed by atoms with E-state index in [1.165, 1.54) is 24.6 Å². The van der Waals surface area contributed by atoms with Crippen molar-refractivity contribution in [3.05, 3.63) is 28.7 Å². The van der Waals surface area contributed by atoms with Gasteiger partial charge in [0.1, 0.15) is 0 Å². The molecule has 128 valence electrons. The van der Waals surface area contributed by atoms with Gasteiger partial charge in [0.2, 0.25) is 0 Å². The van der Waals surface area contributed by atoms with Crippen LogP contribution >= 0.6 is 11.8 Å². The van der Waals surface area contributed by atoms with Crippen LogP contribution in [0.4, 0.5) is 0 Å². The standard InChI is InChI=1S/C18H22N2O3S/c1-3-23-14-10-6-7-12(16(14)22-2)11-15-17(21)20-18(24-15)19-13-8-4-5-9-13/h6-7,10-11,13H,3-5,8-9H2,1-2H3,(H,19,20,21)/b15-11-. The molecule has 1 heterocycles. The van der Waals surface area contributed by atoms with Gasteiger partial charge in [0.15, 0.2) is 16.7 Å². The molecular formula is C18H22N2O3S. The van der Waals surface area contributed by atoms with Gasteiger partial charge in [-0.2, -0.15) is 0 Å². The van der Waals surface area contributed by atoms with E-state index in [2.05, 4.69) is 10.3 Å². The van der Waals surface area contributed by atoms with Gasteiger partial charge in [0.05, 0.1) is 24.7 Å². The number of amidine groups is 1. The summed E-state index contributed by atoms with van der Waals surface area (Å²) in [6, 6.07) is 6.02. The van der Waals surface area contributed by atoms with Crippen LogP contribution < -0.4 is 14.8 Å². The second kappa shape index (κ2) is 7.75. The summed E-state index contributed by atoms with van der Waals surface area (Å²) >= 11 is 1.39. The fraction of sp³-hybridized carbons (Fsp3) is 0.444. The molecule has 0 unspecified atom stereocenters. The van der Waals surface area contributed by atoms with Crippen molar-refractivity contribution in [2.45, 2.75) is 38.6 Å². The molecule has 2 aliphatic rings. The lowest BCUT2D eigenvalue weighted by Gasteiger charge is -2.11. The maximum Gasteiger partial charge on any atom is 0.264 e. The Kier molecular flexibility index (Phi) is 5.45. The van der Waals surface area contributed by atoms with Crippen molar-refractivity contribution in [3.8, 4) is 11.5 Å². The lowest BCUT2D eigenvalue weighted by atomic mass is 10.1. The number of rotatable bonds is 5. The Hall–Kier alpha value is -1.95. The van der Waals surface area contributed by atoms with Gasteiger partial charge in [0.25, 0.3) is 5.91 Å². The highest BCUT2D eigenvalue weighted by atomic mass is 32.2. The van der Waals surface area contributed by atoms with Crippen molar-refractivity contribution >= 4 is 28.9 Å². The molecule has 0 spiro atoms. The number of carbonyl (C=O) groups excluding carboxylic acids is 1. The summed E-state index contributed by atoms with van der Waals surface area (Å²) in [5, 5.41) is 3.57. The normalized spacial score (nSPS) is 21.5. The molecule has 24 heavy (non-hydrogen) atoms. The summed E-state index contributed by atoms with van der Waals surface area (Å²) in [6.07, 6.45) is 6.51. The fourth-order valence-corrected chi connectivity index (χ4v) is 3.85. The molecule has 5 nitrogen and oxygen atoms in total. The number of thioether (sulfide) groups is 1. The predicted molar refractivity (Wildman–Crippen MR) is 97.6 cm³/mol. The number of nitrogens with zero attached hydrogens (tertiary/aromatic N) is 1. The lowest BCUT2D eigenvalue weighted by Crippen LogP contribution is -2.21. The van der Waals surface area contributed by atoms with Crippen LogP contribution in [-0.2, 0) is 4.79 Å². The summed E-state index contributed by atoms with van der Waals surface area (Å²) in [6.45, 7) is 2.49. The van der Waals surface area contributed by atoms with E-state index in [0.29, 0.717) is 34.2 Å². The molecular weight excluding hydrogens is 324 g/mol. The molecule has 0 radical (unpaired) electrons. The molecule has 0 atom stereocenters. The van der Waals surface area contributed by atoms with Crippen molar-refractivity contribution in [3.63, 3.8) is 0 Å². The van der Waals surface area contributed by atoms with Crippen LogP contribution in [0.25, 0.3) is 6.08 Å². The van der Waals surface area contributed by atoms with Crippen LogP contribution in [0.5, 0.6) is 11.5 Å². The first-order valence-corrected chi connectivity index (χ1v) is 9.11. The highest BCUT2D eigenvalue weighted by Gasteiger charge is 2.26. The summed E-state index contributed by atoms with van der Waals surface area (Å²) in [5.74, 6) is 1.21. The van der Waals surface area contributed by atoms with Crippen molar-refractivity contribution in [1.82, 2.24) is 5.32 Å². The van der Waals surface area contributed by atoms with E-state index in [1.807, 2.05) is 31.2 Å². The highest BCUT2D eigenvalue weighted by Crippen LogP contribution is 2.35. The molecule has 1 aliphatic heterocycles. The Bertz CT molecular complexity index is 679. The van der Waals surface area contributed by atoms with E-state index in [-0.39, 0.29) is 5.91 Å². The Morgan fingerprint density at radius 3 is 2.88 bits per heavy atom. The molecule has 1 saturated carbocycles. The van der Waals surface area contributed by atoms with Gasteiger partial charge < -0.3 is 14.8 Å². The molecule has 3 rings (SSSR count). The van der Waals surface area contributed by atoms with Gasteiger partial charge in [-0.1, -0.05) is 25.0 Å². The largest absolute Gasteiger partial charge is 0.492 e. The second-order valence-electron chi connectivity index (χ2n) is 5.75. The van der Waals surface area contributed by atoms with Gasteiger partial charge in [0, 0.05) is 5.56 Å². The fourth-order valence-electron chi connectivity index (χ4n) is 2.96. The third-order valence-electron chi connectivity index (χ3n) is 4.08. The first kappa shape index (κ1) is 16.9. The number of hydrogen-bond acceptors (Lipinski definition) is 5. The van der Waals surface area contributed by atoms with Gasteiger partial charge >= 0.3 is 0 Å². The van der Waals surface area contributed by atoms with E-state index >= 15 is 0 Å². The van der Waals surface area contributed by atoms with Crippen LogP contribution in [0.3, 0.4) is 0 Å². The summed E-state index contributed by atoms with van der Waals surface area (Å²) in [4.78, 5) is 17.5. The Labute approximate surface area is 146 Å². The lowest BCUT2D eigenvalue weighted by molar-refractivity contribution is -0.115. The number of ether oxygens (including phenoxy) is 2. The zero-order chi connectivity index (χ0) is 16.9. The molecule has 0 bridgehead atoms. The average molecular weight is 346 g/mol. The third kappa shape index (κ3) is 3.75. The van der Waals surface area contributed by atoms with Crippen LogP contribution in [0.1, 0.15) is 38.2 Å². The minimum absolute atomic E-state index is 0.111. The molecule has 2 fully saturated rings. The molecule has 1 aliphatic carbocycles. The van der Waals surface area contributed by atoms with E-state index < -0.39 is 0 Å². The van der Waals surface area contributed by atoms with Crippen molar-refractivity contribution in [1.29, 1.82) is 0 Å². The Balaban J connectivity index is 1.83. The molecule has 1 N–H and O–H groups in total. The summed E-state index contributed by atoms with van der Waals surface area (Å²) < 4.78 is 11.1. The second-order valence-corrected chi connectivity index (χ2v) is 6.78. The molecule has 1 aromatic rings. The number of nitrogens with one attached hydrogen (secondary N) is 1. The number of methoxy groups -OCH3 is 1. The first-order chi connectivity index (χ1) is 11.7. The summed E-state index contributed by atoms with van der Waals surface area (Å²) in [7, 11) is 1.61. The third-order valence-corrected chi connectivity index (χ3v) is 5.00. The summed E-state index contributed by atoms with van der Waals surface area (Å²) in [5.41, 5.74) is 0.822. The maximum atomic E-state index is 12.2. The molecule has 1 aromatic carbocycles. The first-order valence-electron chi connectivity index (χ1n) is 8.29. The number of benzene rings is 1. The Morgan fingerprint density at radius 2 is 2.17 bits per heavy atom. The molecule has 1 amide bonds. The quantitative estimate of drug-likeness (QED) is 0.828. The average Bonchev–Trinajstić information content (AvgIpc) is 3.19. The number of carbonyl (C=O) groups is 1. The zero-order valence-electron chi connectivity index (χ0n) is 14.0. The van der Waals surface area contributed by atoms with E-state index in [4.69, 9.17) is 9.47 Å². The molecule has 6 heteroatoms. The topological polar surface area (TPSA) is 59.9 Å². The molecule has 1 saturated heterocycles.